The number of carbonyl (C=O) groups is 2. The molecule has 3 aromatic rings. The molecule has 0 saturated carbocycles. The maximum Gasteiger partial charge on any atom is 0.417 e. The van der Waals surface area contributed by atoms with Gasteiger partial charge in [-0.15, -0.1) is 0 Å². The number of anilines is 2. The molecule has 0 aliphatic rings. The number of nitrogens with one attached hydrogen (secondary N) is 2. The molecule has 0 heterocycles. The minimum absolute atomic E-state index is 0.0757. The minimum atomic E-state index is -4.65. The largest absolute Gasteiger partial charge is 0.478 e. The molecule has 0 spiro atoms. The Morgan fingerprint density at radius 3 is 2.12 bits per heavy atom. The van der Waals surface area contributed by atoms with E-state index in [9.17, 15) is 22.8 Å². The van der Waals surface area contributed by atoms with E-state index in [1.54, 1.807) is 24.3 Å². The maximum atomic E-state index is 12.9. The summed E-state index contributed by atoms with van der Waals surface area (Å²) in [4.78, 5) is 23.1. The van der Waals surface area contributed by atoms with Gasteiger partial charge in [-0.05, 0) is 60.7 Å². The van der Waals surface area contributed by atoms with Gasteiger partial charge in [-0.2, -0.15) is 23.4 Å². The molecule has 0 unspecified atom stereocenters. The number of azo groups is 1. The summed E-state index contributed by atoms with van der Waals surface area (Å²) < 4.78 is 38.8. The first-order valence-corrected chi connectivity index (χ1v) is 9.29. The summed E-state index contributed by atoms with van der Waals surface area (Å²) in [5.74, 6) is -1.08. The van der Waals surface area contributed by atoms with Crippen LogP contribution in [0.2, 0.25) is 5.02 Å². The van der Waals surface area contributed by atoms with Gasteiger partial charge in [0.2, 0.25) is 0 Å². The smallest absolute Gasteiger partial charge is 0.417 e. The number of carboxylic acids is 1. The number of nitrogens with zero attached hydrogens (tertiary/aromatic N) is 2. The van der Waals surface area contributed by atoms with Crippen LogP contribution in [0.15, 0.2) is 77.0 Å². The molecule has 32 heavy (non-hydrogen) atoms. The van der Waals surface area contributed by atoms with Crippen LogP contribution in [-0.4, -0.2) is 17.1 Å². The number of aromatic carboxylic acids is 1. The van der Waals surface area contributed by atoms with Gasteiger partial charge in [0, 0.05) is 11.4 Å². The molecule has 0 aliphatic heterocycles. The lowest BCUT2D eigenvalue weighted by atomic mass is 10.2. The Bertz CT molecular complexity index is 1180. The van der Waals surface area contributed by atoms with Crippen molar-refractivity contribution in [1.29, 1.82) is 0 Å². The zero-order valence-electron chi connectivity index (χ0n) is 16.0. The highest BCUT2D eigenvalue weighted by Crippen LogP contribution is 2.36. The van der Waals surface area contributed by atoms with Crippen molar-refractivity contribution in [3.05, 3.63) is 82.9 Å². The van der Waals surface area contributed by atoms with Crippen molar-refractivity contribution in [2.75, 3.05) is 10.6 Å². The van der Waals surface area contributed by atoms with Crippen LogP contribution in [-0.2, 0) is 6.18 Å². The Hall–Kier alpha value is -3.92. The molecule has 0 fully saturated rings. The van der Waals surface area contributed by atoms with Crippen LogP contribution < -0.4 is 10.6 Å². The first kappa shape index (κ1) is 22.8. The molecule has 3 N–H and O–H groups in total. The first-order chi connectivity index (χ1) is 15.1. The summed E-state index contributed by atoms with van der Waals surface area (Å²) in [6.07, 6.45) is -4.65. The molecule has 0 bridgehead atoms. The average molecular weight is 463 g/mol. The van der Waals surface area contributed by atoms with E-state index in [0.29, 0.717) is 17.1 Å². The number of hydrogen-bond donors (Lipinski definition) is 3. The summed E-state index contributed by atoms with van der Waals surface area (Å²) >= 11 is 5.56. The highest BCUT2D eigenvalue weighted by atomic mass is 35.5. The van der Waals surface area contributed by atoms with Gasteiger partial charge >= 0.3 is 18.2 Å². The van der Waals surface area contributed by atoms with Crippen LogP contribution in [0.1, 0.15) is 15.9 Å². The third-order valence-electron chi connectivity index (χ3n) is 4.03. The monoisotopic (exact) mass is 462 g/mol. The molecular formula is C21H14ClF3N4O3. The predicted molar refractivity (Wildman–Crippen MR) is 113 cm³/mol. The lowest BCUT2D eigenvalue weighted by Crippen LogP contribution is -2.19. The molecule has 0 aromatic heterocycles. The van der Waals surface area contributed by atoms with E-state index in [4.69, 9.17) is 16.7 Å². The Morgan fingerprint density at radius 2 is 1.47 bits per heavy atom. The van der Waals surface area contributed by atoms with E-state index >= 15 is 0 Å². The summed E-state index contributed by atoms with van der Waals surface area (Å²) in [6, 6.07) is 14.4. The number of alkyl halides is 3. The van der Waals surface area contributed by atoms with Crippen molar-refractivity contribution in [1.82, 2.24) is 0 Å². The Morgan fingerprint density at radius 1 is 0.844 bits per heavy atom. The fraction of sp³-hybridized carbons (Fsp3) is 0.0476. The second-order valence-corrected chi connectivity index (χ2v) is 6.78. The van der Waals surface area contributed by atoms with E-state index in [1.165, 1.54) is 30.3 Å². The van der Waals surface area contributed by atoms with Crippen LogP contribution in [0, 0.1) is 0 Å². The highest BCUT2D eigenvalue weighted by molar-refractivity contribution is 6.31. The third kappa shape index (κ3) is 6.05. The normalized spacial score (nSPS) is 11.4. The second-order valence-electron chi connectivity index (χ2n) is 6.37. The Kier molecular flexibility index (Phi) is 6.74. The van der Waals surface area contributed by atoms with E-state index in [2.05, 4.69) is 20.9 Å². The van der Waals surface area contributed by atoms with Gasteiger partial charge in [-0.1, -0.05) is 17.7 Å². The maximum absolute atomic E-state index is 12.9. The van der Waals surface area contributed by atoms with Gasteiger partial charge in [0.05, 0.1) is 27.5 Å². The van der Waals surface area contributed by atoms with Crippen LogP contribution >= 0.6 is 11.6 Å². The standard InChI is InChI=1S/C21H14ClF3N4O3/c22-18-9-8-15(11-17(18)21(23,24)25)27-20(32)26-13-4-6-14(7-5-13)28-29-16-3-1-2-12(10-16)19(30)31/h1-11H,(H,30,31)(H2,26,27,32). The number of benzene rings is 3. The lowest BCUT2D eigenvalue weighted by molar-refractivity contribution is -0.137. The SMILES string of the molecule is O=C(Nc1ccc(N=Nc2cccc(C(=O)O)c2)cc1)Nc1ccc(Cl)c(C(F)(F)F)c1. The predicted octanol–water partition coefficient (Wildman–Crippen LogP) is 7.12. The molecule has 7 nitrogen and oxygen atoms in total. The van der Waals surface area contributed by atoms with Crippen molar-refractivity contribution < 1.29 is 27.9 Å². The highest BCUT2D eigenvalue weighted by Gasteiger charge is 2.33. The fourth-order valence-corrected chi connectivity index (χ4v) is 2.77. The fourth-order valence-electron chi connectivity index (χ4n) is 2.54. The Labute approximate surface area is 184 Å². The molecule has 3 rings (SSSR count). The van der Waals surface area contributed by atoms with Gasteiger partial charge in [-0.25, -0.2) is 9.59 Å². The van der Waals surface area contributed by atoms with Crippen LogP contribution in [0.5, 0.6) is 0 Å². The third-order valence-corrected chi connectivity index (χ3v) is 4.36. The number of carboxylic acid groups (broad SMARTS) is 1. The van der Waals surface area contributed by atoms with E-state index < -0.39 is 28.8 Å². The van der Waals surface area contributed by atoms with Crippen molar-refractivity contribution in [3.8, 4) is 0 Å². The van der Waals surface area contributed by atoms with Gasteiger partial charge in [0.25, 0.3) is 0 Å². The van der Waals surface area contributed by atoms with Crippen molar-refractivity contribution in [3.63, 3.8) is 0 Å². The first-order valence-electron chi connectivity index (χ1n) is 8.92. The second kappa shape index (κ2) is 9.48. The number of rotatable bonds is 5. The molecule has 0 saturated heterocycles. The average Bonchev–Trinajstić information content (AvgIpc) is 2.74. The number of hydrogen-bond acceptors (Lipinski definition) is 4. The number of halogens is 4. The summed E-state index contributed by atoms with van der Waals surface area (Å²) in [5.41, 5.74) is 0.0973. The van der Waals surface area contributed by atoms with Gasteiger partial charge in [-0.3, -0.25) is 0 Å². The van der Waals surface area contributed by atoms with E-state index in [0.717, 1.165) is 12.1 Å². The van der Waals surface area contributed by atoms with Crippen molar-refractivity contribution in [2.24, 2.45) is 10.2 Å². The van der Waals surface area contributed by atoms with Gasteiger partial charge < -0.3 is 15.7 Å². The quantitative estimate of drug-likeness (QED) is 0.352. The van der Waals surface area contributed by atoms with Crippen molar-refractivity contribution >= 4 is 46.4 Å². The van der Waals surface area contributed by atoms with E-state index in [1.807, 2.05) is 0 Å². The van der Waals surface area contributed by atoms with Crippen LogP contribution in [0.4, 0.5) is 40.7 Å². The number of carbonyl (C=O) groups excluding carboxylic acids is 1. The zero-order valence-corrected chi connectivity index (χ0v) is 16.8. The lowest BCUT2D eigenvalue weighted by Gasteiger charge is -2.12. The van der Waals surface area contributed by atoms with Crippen molar-refractivity contribution in [2.45, 2.75) is 6.18 Å². The molecule has 0 radical (unpaired) electrons. The molecule has 164 valence electrons. The molecule has 11 heteroatoms. The summed E-state index contributed by atoms with van der Waals surface area (Å²) in [6.45, 7) is 0. The molecule has 3 aromatic carbocycles. The topological polar surface area (TPSA) is 103 Å². The zero-order chi connectivity index (χ0) is 23.3. The summed E-state index contributed by atoms with van der Waals surface area (Å²) in [5, 5.41) is 21.3. The number of amides is 2. The Balaban J connectivity index is 1.63. The minimum Gasteiger partial charge on any atom is -0.478 e. The molecule has 2 amide bonds. The van der Waals surface area contributed by atoms with Gasteiger partial charge in [0.1, 0.15) is 0 Å². The van der Waals surface area contributed by atoms with Crippen LogP contribution in [0.3, 0.4) is 0 Å². The molecular weight excluding hydrogens is 449 g/mol. The van der Waals surface area contributed by atoms with E-state index in [-0.39, 0.29) is 11.3 Å². The van der Waals surface area contributed by atoms with Crippen LogP contribution in [0.25, 0.3) is 0 Å². The summed E-state index contributed by atoms with van der Waals surface area (Å²) in [7, 11) is 0. The molecule has 0 aliphatic carbocycles. The van der Waals surface area contributed by atoms with Gasteiger partial charge in [0.15, 0.2) is 0 Å². The number of urea groups is 1. The molecule has 0 atom stereocenters.